The lowest BCUT2D eigenvalue weighted by Gasteiger charge is -2.16. The van der Waals surface area contributed by atoms with E-state index in [4.69, 9.17) is 9.84 Å². The molecule has 3 aromatic rings. The van der Waals surface area contributed by atoms with Gasteiger partial charge in [-0.3, -0.25) is 5.43 Å². The largest absolute Gasteiger partial charge is 0.489 e. The van der Waals surface area contributed by atoms with Crippen LogP contribution in [0.4, 0.5) is 0 Å². The maximum atomic E-state index is 11.0. The number of ether oxygens (including phenoxy) is 1. The number of thioether (sulfide) groups is 1. The Hall–Kier alpha value is -3.25. The first-order valence-electron chi connectivity index (χ1n) is 8.80. The molecule has 0 radical (unpaired) electrons. The maximum Gasteiger partial charge on any atom is 0.335 e. The summed E-state index contributed by atoms with van der Waals surface area (Å²) < 4.78 is 6.03. The summed E-state index contributed by atoms with van der Waals surface area (Å²) in [6.45, 7) is 0.362. The Morgan fingerprint density at radius 2 is 1.71 bits per heavy atom. The lowest BCUT2D eigenvalue weighted by Crippen LogP contribution is -2.09. The molecule has 1 aliphatic heterocycles. The van der Waals surface area contributed by atoms with Crippen molar-refractivity contribution in [2.45, 2.75) is 12.0 Å². The van der Waals surface area contributed by atoms with Gasteiger partial charge < -0.3 is 9.84 Å². The molecule has 0 bridgehead atoms. The van der Waals surface area contributed by atoms with Crippen LogP contribution in [0.2, 0.25) is 0 Å². The standard InChI is InChI=1S/C22H18N2O3S/c25-22(26)17-12-10-15(11-13-17)14-27-19-9-5-4-8-18(19)21-24-23-20(28-21)16-6-2-1-3-7-16/h1-13,21,24H,14H2,(H,25,26)/t21-/m0/s1. The smallest absolute Gasteiger partial charge is 0.335 e. The summed E-state index contributed by atoms with van der Waals surface area (Å²) in [5.41, 5.74) is 6.46. The predicted molar refractivity (Wildman–Crippen MR) is 111 cm³/mol. The molecule has 28 heavy (non-hydrogen) atoms. The zero-order valence-corrected chi connectivity index (χ0v) is 15.7. The third kappa shape index (κ3) is 4.02. The highest BCUT2D eigenvalue weighted by molar-refractivity contribution is 8.14. The van der Waals surface area contributed by atoms with Gasteiger partial charge in [0, 0.05) is 11.1 Å². The fourth-order valence-electron chi connectivity index (χ4n) is 2.86. The fraction of sp³-hybridized carbons (Fsp3) is 0.0909. The van der Waals surface area contributed by atoms with Crippen molar-refractivity contribution >= 4 is 22.8 Å². The zero-order valence-electron chi connectivity index (χ0n) is 14.9. The van der Waals surface area contributed by atoms with Gasteiger partial charge in [-0.25, -0.2) is 4.79 Å². The van der Waals surface area contributed by atoms with E-state index in [0.717, 1.165) is 27.5 Å². The van der Waals surface area contributed by atoms with Crippen LogP contribution < -0.4 is 10.2 Å². The molecule has 0 fully saturated rings. The van der Waals surface area contributed by atoms with Gasteiger partial charge in [-0.05, 0) is 23.8 Å². The third-order valence-corrected chi connectivity index (χ3v) is 5.48. The number of aromatic carboxylic acids is 1. The van der Waals surface area contributed by atoms with Crippen molar-refractivity contribution < 1.29 is 14.6 Å². The highest BCUT2D eigenvalue weighted by Crippen LogP contribution is 2.38. The Bertz CT molecular complexity index is 1000. The van der Waals surface area contributed by atoms with E-state index in [-0.39, 0.29) is 10.9 Å². The lowest BCUT2D eigenvalue weighted by atomic mass is 10.1. The Balaban J connectivity index is 1.45. The summed E-state index contributed by atoms with van der Waals surface area (Å²) in [6, 6.07) is 24.6. The number of rotatable bonds is 6. The number of hydrogen-bond acceptors (Lipinski definition) is 5. The molecule has 0 saturated carbocycles. The summed E-state index contributed by atoms with van der Waals surface area (Å²) in [5, 5.41) is 14.4. The van der Waals surface area contributed by atoms with Gasteiger partial charge in [-0.15, -0.1) is 0 Å². The Morgan fingerprint density at radius 1 is 1.00 bits per heavy atom. The molecule has 5 nitrogen and oxygen atoms in total. The summed E-state index contributed by atoms with van der Waals surface area (Å²) in [4.78, 5) is 11.0. The van der Waals surface area contributed by atoms with Crippen molar-refractivity contribution in [1.82, 2.24) is 5.43 Å². The van der Waals surface area contributed by atoms with E-state index in [1.807, 2.05) is 54.6 Å². The first kappa shape index (κ1) is 18.1. The van der Waals surface area contributed by atoms with Crippen molar-refractivity contribution in [3.05, 3.63) is 101 Å². The Kier molecular flexibility index (Phi) is 5.30. The predicted octanol–water partition coefficient (Wildman–Crippen LogP) is 4.66. The second kappa shape index (κ2) is 8.19. The summed E-state index contributed by atoms with van der Waals surface area (Å²) >= 11 is 1.65. The van der Waals surface area contributed by atoms with Crippen molar-refractivity contribution in [2.75, 3.05) is 0 Å². The molecule has 6 heteroatoms. The van der Waals surface area contributed by atoms with E-state index in [9.17, 15) is 4.79 Å². The second-order valence-corrected chi connectivity index (χ2v) is 7.33. The molecule has 2 N–H and O–H groups in total. The van der Waals surface area contributed by atoms with Crippen LogP contribution in [-0.2, 0) is 6.61 Å². The lowest BCUT2D eigenvalue weighted by molar-refractivity contribution is 0.0697. The van der Waals surface area contributed by atoms with Crippen LogP contribution in [0, 0.1) is 0 Å². The second-order valence-electron chi connectivity index (χ2n) is 6.24. The monoisotopic (exact) mass is 390 g/mol. The molecule has 0 amide bonds. The zero-order chi connectivity index (χ0) is 19.3. The molecule has 0 unspecified atom stereocenters. The van der Waals surface area contributed by atoms with Crippen molar-refractivity contribution in [2.24, 2.45) is 5.10 Å². The highest BCUT2D eigenvalue weighted by Gasteiger charge is 2.24. The summed E-state index contributed by atoms with van der Waals surface area (Å²) in [7, 11) is 0. The van der Waals surface area contributed by atoms with Gasteiger partial charge in [0.2, 0.25) is 0 Å². The fourth-order valence-corrected chi connectivity index (χ4v) is 3.89. The molecule has 0 spiro atoms. The molecule has 3 aromatic carbocycles. The van der Waals surface area contributed by atoms with Gasteiger partial charge in [0.25, 0.3) is 0 Å². The van der Waals surface area contributed by atoms with Crippen molar-refractivity contribution in [3.63, 3.8) is 0 Å². The van der Waals surface area contributed by atoms with Gasteiger partial charge in [0.1, 0.15) is 22.8 Å². The first-order chi connectivity index (χ1) is 13.7. The van der Waals surface area contributed by atoms with E-state index in [2.05, 4.69) is 10.5 Å². The molecule has 1 heterocycles. The number of nitrogens with one attached hydrogen (secondary N) is 1. The van der Waals surface area contributed by atoms with E-state index < -0.39 is 5.97 Å². The number of nitrogens with zero attached hydrogens (tertiary/aromatic N) is 1. The van der Waals surface area contributed by atoms with Crippen LogP contribution in [0.25, 0.3) is 0 Å². The third-order valence-electron chi connectivity index (χ3n) is 4.33. The molecule has 140 valence electrons. The molecular formula is C22H18N2O3S. The molecule has 0 aromatic heterocycles. The van der Waals surface area contributed by atoms with E-state index in [0.29, 0.717) is 6.61 Å². The first-order valence-corrected chi connectivity index (χ1v) is 9.68. The quantitative estimate of drug-likeness (QED) is 0.640. The van der Waals surface area contributed by atoms with E-state index in [1.165, 1.54) is 0 Å². The number of carboxylic acid groups (broad SMARTS) is 1. The minimum atomic E-state index is -0.934. The number of carboxylic acids is 1. The van der Waals surface area contributed by atoms with Gasteiger partial charge in [0.05, 0.1) is 5.56 Å². The number of para-hydroxylation sites is 1. The van der Waals surface area contributed by atoms with Crippen LogP contribution >= 0.6 is 11.8 Å². The summed E-state index contributed by atoms with van der Waals surface area (Å²) in [6.07, 6.45) is 0. The topological polar surface area (TPSA) is 70.9 Å². The number of hydrazone groups is 1. The SMILES string of the molecule is O=C(O)c1ccc(COc2ccccc2[C@H]2NN=C(c3ccccc3)S2)cc1. The highest BCUT2D eigenvalue weighted by atomic mass is 32.2. The minimum absolute atomic E-state index is 0.0270. The van der Waals surface area contributed by atoms with E-state index in [1.54, 1.807) is 36.0 Å². The average molecular weight is 390 g/mol. The minimum Gasteiger partial charge on any atom is -0.489 e. The molecule has 1 aliphatic rings. The van der Waals surface area contributed by atoms with Crippen molar-refractivity contribution in [1.29, 1.82) is 0 Å². The number of carbonyl (C=O) groups is 1. The van der Waals surface area contributed by atoms with Crippen LogP contribution in [-0.4, -0.2) is 16.1 Å². The van der Waals surface area contributed by atoms with E-state index >= 15 is 0 Å². The van der Waals surface area contributed by atoms with Crippen LogP contribution in [0.15, 0.2) is 84.0 Å². The van der Waals surface area contributed by atoms with Crippen LogP contribution in [0.3, 0.4) is 0 Å². The van der Waals surface area contributed by atoms with Crippen molar-refractivity contribution in [3.8, 4) is 5.75 Å². The number of benzene rings is 3. The molecule has 0 saturated heterocycles. The van der Waals surface area contributed by atoms with Gasteiger partial charge in [-0.2, -0.15) is 5.10 Å². The van der Waals surface area contributed by atoms with Crippen LogP contribution in [0.5, 0.6) is 5.75 Å². The maximum absolute atomic E-state index is 11.0. The van der Waals surface area contributed by atoms with Gasteiger partial charge >= 0.3 is 5.97 Å². The van der Waals surface area contributed by atoms with Gasteiger partial charge in [-0.1, -0.05) is 72.4 Å². The molecule has 4 rings (SSSR count). The summed E-state index contributed by atoms with van der Waals surface area (Å²) in [5.74, 6) is -0.157. The normalized spacial score (nSPS) is 15.6. The molecule has 0 aliphatic carbocycles. The van der Waals surface area contributed by atoms with Gasteiger partial charge in [0.15, 0.2) is 0 Å². The Labute approximate surface area is 167 Å². The average Bonchev–Trinajstić information content (AvgIpc) is 3.23. The molecule has 1 atom stereocenters. The van der Waals surface area contributed by atoms with Crippen LogP contribution in [0.1, 0.15) is 32.4 Å². The number of hydrogen-bond donors (Lipinski definition) is 2. The molecular weight excluding hydrogens is 372 g/mol. The Morgan fingerprint density at radius 3 is 2.46 bits per heavy atom.